The van der Waals surface area contributed by atoms with Crippen molar-refractivity contribution in [1.82, 2.24) is 4.90 Å². The van der Waals surface area contributed by atoms with Gasteiger partial charge in [0, 0.05) is 16.8 Å². The first-order chi connectivity index (χ1) is 13.9. The number of hydrogen-bond donors (Lipinski definition) is 1. The number of benzene rings is 3. The zero-order valence-corrected chi connectivity index (χ0v) is 15.0. The molecular formula is C22H15F3N2O2. The molecule has 1 aliphatic rings. The SMILES string of the molecule is O=C1CN(C(=O)c2cccc(F)c2)[C@H](c2ccc(F)cc2)c2cc(F)ccc2N1. The summed E-state index contributed by atoms with van der Waals surface area (Å²) >= 11 is 0. The molecule has 0 unspecified atom stereocenters. The monoisotopic (exact) mass is 396 g/mol. The molecule has 3 aromatic carbocycles. The van der Waals surface area contributed by atoms with E-state index in [2.05, 4.69) is 5.32 Å². The van der Waals surface area contributed by atoms with E-state index >= 15 is 0 Å². The highest BCUT2D eigenvalue weighted by atomic mass is 19.1. The van der Waals surface area contributed by atoms with E-state index in [1.807, 2.05) is 0 Å². The predicted molar refractivity (Wildman–Crippen MR) is 101 cm³/mol. The van der Waals surface area contributed by atoms with Crippen molar-refractivity contribution in [3.63, 3.8) is 0 Å². The van der Waals surface area contributed by atoms with Gasteiger partial charge in [0.05, 0.1) is 6.04 Å². The van der Waals surface area contributed by atoms with Crippen molar-refractivity contribution in [3.8, 4) is 0 Å². The topological polar surface area (TPSA) is 49.4 Å². The lowest BCUT2D eigenvalue weighted by Crippen LogP contribution is -2.39. The number of rotatable bonds is 2. The summed E-state index contributed by atoms with van der Waals surface area (Å²) in [5.74, 6) is -2.71. The van der Waals surface area contributed by atoms with Gasteiger partial charge in [-0.2, -0.15) is 0 Å². The summed E-state index contributed by atoms with van der Waals surface area (Å²) in [6, 6.07) is 13.4. The molecule has 0 bridgehead atoms. The number of nitrogens with zero attached hydrogens (tertiary/aromatic N) is 1. The van der Waals surface area contributed by atoms with Gasteiger partial charge in [0.2, 0.25) is 5.91 Å². The number of halogens is 3. The van der Waals surface area contributed by atoms with Crippen LogP contribution in [0.25, 0.3) is 0 Å². The number of hydrogen-bond acceptors (Lipinski definition) is 2. The summed E-state index contributed by atoms with van der Waals surface area (Å²) in [7, 11) is 0. The molecule has 3 aromatic rings. The highest BCUT2D eigenvalue weighted by Gasteiger charge is 2.34. The summed E-state index contributed by atoms with van der Waals surface area (Å²) in [4.78, 5) is 26.9. The molecule has 4 rings (SSSR count). The Morgan fingerprint density at radius 1 is 0.897 bits per heavy atom. The summed E-state index contributed by atoms with van der Waals surface area (Å²) in [5, 5.41) is 2.66. The third kappa shape index (κ3) is 3.71. The molecule has 7 heteroatoms. The number of fused-ring (bicyclic) bond motifs is 1. The summed E-state index contributed by atoms with van der Waals surface area (Å²) in [5.41, 5.74) is 1.22. The largest absolute Gasteiger partial charge is 0.324 e. The fraction of sp³-hybridized carbons (Fsp3) is 0.0909. The lowest BCUT2D eigenvalue weighted by molar-refractivity contribution is -0.117. The maximum atomic E-state index is 14.1. The second kappa shape index (κ2) is 7.43. The Balaban J connectivity index is 1.90. The first-order valence-electron chi connectivity index (χ1n) is 8.83. The van der Waals surface area contributed by atoms with Crippen molar-refractivity contribution < 1.29 is 22.8 Å². The third-order valence-electron chi connectivity index (χ3n) is 4.73. The van der Waals surface area contributed by atoms with Gasteiger partial charge in [0.15, 0.2) is 0 Å². The molecule has 0 saturated heterocycles. The normalized spacial score (nSPS) is 16.0. The molecular weight excluding hydrogens is 381 g/mol. The average molecular weight is 396 g/mol. The van der Waals surface area contributed by atoms with Crippen LogP contribution in [0.3, 0.4) is 0 Å². The van der Waals surface area contributed by atoms with Crippen LogP contribution in [0.15, 0.2) is 66.7 Å². The average Bonchev–Trinajstić information content (AvgIpc) is 2.84. The van der Waals surface area contributed by atoms with Crippen LogP contribution in [-0.2, 0) is 4.79 Å². The summed E-state index contributed by atoms with van der Waals surface area (Å²) in [6.45, 7) is -0.340. The summed E-state index contributed by atoms with van der Waals surface area (Å²) in [6.07, 6.45) is 0. The second-order valence-electron chi connectivity index (χ2n) is 6.68. The van der Waals surface area contributed by atoms with Crippen molar-refractivity contribution in [2.24, 2.45) is 0 Å². The maximum absolute atomic E-state index is 14.1. The molecule has 0 aromatic heterocycles. The van der Waals surface area contributed by atoms with Crippen molar-refractivity contribution >= 4 is 17.5 Å². The van der Waals surface area contributed by atoms with Crippen LogP contribution < -0.4 is 5.32 Å². The van der Waals surface area contributed by atoms with Gasteiger partial charge in [-0.15, -0.1) is 0 Å². The van der Waals surface area contributed by atoms with E-state index in [1.165, 1.54) is 65.6 Å². The minimum absolute atomic E-state index is 0.0461. The van der Waals surface area contributed by atoms with Crippen LogP contribution in [0.1, 0.15) is 27.5 Å². The van der Waals surface area contributed by atoms with Gasteiger partial charge in [0.25, 0.3) is 5.91 Å². The lowest BCUT2D eigenvalue weighted by Gasteiger charge is -2.30. The van der Waals surface area contributed by atoms with Gasteiger partial charge in [-0.3, -0.25) is 9.59 Å². The van der Waals surface area contributed by atoms with Gasteiger partial charge < -0.3 is 10.2 Å². The standard InChI is InChI=1S/C22H15F3N2O2/c23-15-6-4-13(5-7-15)21-18-11-17(25)8-9-19(18)26-20(28)12-27(21)22(29)14-2-1-3-16(24)10-14/h1-11,21H,12H2,(H,26,28)/t21-/m1/s1. The van der Waals surface area contributed by atoms with E-state index in [0.717, 1.165) is 6.07 Å². The fourth-order valence-electron chi connectivity index (χ4n) is 3.46. The van der Waals surface area contributed by atoms with E-state index in [1.54, 1.807) is 0 Å². The van der Waals surface area contributed by atoms with Crippen LogP contribution in [0.5, 0.6) is 0 Å². The number of carbonyl (C=O) groups is 2. The minimum atomic E-state index is -0.879. The summed E-state index contributed by atoms with van der Waals surface area (Å²) < 4.78 is 41.2. The highest BCUT2D eigenvalue weighted by molar-refractivity contribution is 6.01. The van der Waals surface area contributed by atoms with Crippen LogP contribution in [0.4, 0.5) is 18.9 Å². The van der Waals surface area contributed by atoms with Crippen LogP contribution in [0, 0.1) is 17.5 Å². The van der Waals surface area contributed by atoms with E-state index in [0.29, 0.717) is 16.8 Å². The molecule has 1 N–H and O–H groups in total. The van der Waals surface area contributed by atoms with Gasteiger partial charge in [-0.25, -0.2) is 13.2 Å². The van der Waals surface area contributed by atoms with Gasteiger partial charge >= 0.3 is 0 Å². The molecule has 2 amide bonds. The molecule has 0 radical (unpaired) electrons. The molecule has 1 aliphatic heterocycles. The first-order valence-corrected chi connectivity index (χ1v) is 8.83. The van der Waals surface area contributed by atoms with Gasteiger partial charge in [-0.1, -0.05) is 18.2 Å². The number of anilines is 1. The Morgan fingerprint density at radius 2 is 1.59 bits per heavy atom. The van der Waals surface area contributed by atoms with Crippen LogP contribution in [-0.4, -0.2) is 23.3 Å². The number of amides is 2. The molecule has 0 spiro atoms. The Bertz CT molecular complexity index is 1100. The third-order valence-corrected chi connectivity index (χ3v) is 4.73. The Kier molecular flexibility index (Phi) is 4.80. The van der Waals surface area contributed by atoms with E-state index in [4.69, 9.17) is 0 Å². The predicted octanol–water partition coefficient (Wildman–Crippen LogP) is 4.29. The van der Waals surface area contributed by atoms with Crippen molar-refractivity contribution in [1.29, 1.82) is 0 Å². The molecule has 146 valence electrons. The quantitative estimate of drug-likeness (QED) is 0.703. The van der Waals surface area contributed by atoms with Crippen LogP contribution >= 0.6 is 0 Å². The minimum Gasteiger partial charge on any atom is -0.324 e. The molecule has 0 saturated carbocycles. The Labute approximate surface area is 164 Å². The van der Waals surface area contributed by atoms with Crippen molar-refractivity contribution in [2.75, 3.05) is 11.9 Å². The lowest BCUT2D eigenvalue weighted by atomic mass is 9.95. The maximum Gasteiger partial charge on any atom is 0.255 e. The number of carbonyl (C=O) groups excluding carboxylic acids is 2. The smallest absolute Gasteiger partial charge is 0.255 e. The second-order valence-corrected chi connectivity index (χ2v) is 6.68. The molecule has 0 fully saturated rings. The number of nitrogens with one attached hydrogen (secondary N) is 1. The van der Waals surface area contributed by atoms with E-state index in [9.17, 15) is 22.8 Å². The Hall–Kier alpha value is -3.61. The molecule has 29 heavy (non-hydrogen) atoms. The zero-order chi connectivity index (χ0) is 20.5. The van der Waals surface area contributed by atoms with Crippen molar-refractivity contribution in [3.05, 3.63) is 101 Å². The first kappa shape index (κ1) is 18.7. The highest BCUT2D eigenvalue weighted by Crippen LogP contribution is 2.37. The van der Waals surface area contributed by atoms with E-state index in [-0.39, 0.29) is 12.1 Å². The van der Waals surface area contributed by atoms with E-state index < -0.39 is 35.3 Å². The van der Waals surface area contributed by atoms with Crippen LogP contribution in [0.2, 0.25) is 0 Å². The molecule has 1 heterocycles. The molecule has 1 atom stereocenters. The Morgan fingerprint density at radius 3 is 2.31 bits per heavy atom. The fourth-order valence-corrected chi connectivity index (χ4v) is 3.46. The van der Waals surface area contributed by atoms with Gasteiger partial charge in [-0.05, 0) is 54.1 Å². The van der Waals surface area contributed by atoms with Gasteiger partial charge in [0.1, 0.15) is 24.0 Å². The molecule has 0 aliphatic carbocycles. The van der Waals surface area contributed by atoms with Crippen molar-refractivity contribution in [2.45, 2.75) is 6.04 Å². The zero-order valence-electron chi connectivity index (χ0n) is 15.0. The molecule has 4 nitrogen and oxygen atoms in total.